The van der Waals surface area contributed by atoms with Crippen molar-refractivity contribution in [1.82, 2.24) is 20.0 Å². The van der Waals surface area contributed by atoms with Crippen molar-refractivity contribution in [2.75, 3.05) is 19.6 Å². The first kappa shape index (κ1) is 14.1. The van der Waals surface area contributed by atoms with E-state index in [1.54, 1.807) is 0 Å². The minimum Gasteiger partial charge on any atom is -0.342 e. The first-order chi connectivity index (χ1) is 9.08. The van der Waals surface area contributed by atoms with Crippen molar-refractivity contribution in [3.63, 3.8) is 0 Å². The fraction of sp³-hybridized carbons (Fsp3) is 0.714. The molecular weight excluding hydrogens is 240 g/mol. The zero-order valence-electron chi connectivity index (χ0n) is 12.1. The highest BCUT2D eigenvalue weighted by Gasteiger charge is 2.17. The molecule has 0 radical (unpaired) electrons. The first-order valence-electron chi connectivity index (χ1n) is 7.09. The monoisotopic (exact) mass is 264 g/mol. The van der Waals surface area contributed by atoms with Crippen molar-refractivity contribution in [1.29, 1.82) is 0 Å². The van der Waals surface area contributed by atoms with Gasteiger partial charge in [-0.1, -0.05) is 13.8 Å². The molecule has 0 atom stereocenters. The molecule has 2 rings (SSSR count). The van der Waals surface area contributed by atoms with E-state index in [4.69, 9.17) is 0 Å². The van der Waals surface area contributed by atoms with E-state index in [0.29, 0.717) is 19.0 Å². The molecular formula is C14H24N4O. The summed E-state index contributed by atoms with van der Waals surface area (Å²) in [5.74, 6) is 0.625. The van der Waals surface area contributed by atoms with Crippen molar-refractivity contribution >= 4 is 5.91 Å². The SMILES string of the molecule is CC(C)c1nn(C)cc1CNCC(=O)N1CCCC1. The Hall–Kier alpha value is -1.36. The molecule has 1 amide bonds. The van der Waals surface area contributed by atoms with E-state index < -0.39 is 0 Å². The summed E-state index contributed by atoms with van der Waals surface area (Å²) >= 11 is 0. The summed E-state index contributed by atoms with van der Waals surface area (Å²) < 4.78 is 1.84. The molecule has 5 nitrogen and oxygen atoms in total. The number of nitrogens with one attached hydrogen (secondary N) is 1. The largest absolute Gasteiger partial charge is 0.342 e. The third-order valence-electron chi connectivity index (χ3n) is 3.53. The van der Waals surface area contributed by atoms with Gasteiger partial charge < -0.3 is 10.2 Å². The van der Waals surface area contributed by atoms with Gasteiger partial charge in [0.05, 0.1) is 12.2 Å². The number of carbonyl (C=O) groups excluding carboxylic acids is 1. The van der Waals surface area contributed by atoms with Crippen LogP contribution in [0.15, 0.2) is 6.20 Å². The van der Waals surface area contributed by atoms with Crippen LogP contribution in [0.4, 0.5) is 0 Å². The average molecular weight is 264 g/mol. The molecule has 5 heteroatoms. The van der Waals surface area contributed by atoms with Crippen molar-refractivity contribution in [3.8, 4) is 0 Å². The van der Waals surface area contributed by atoms with Crippen molar-refractivity contribution < 1.29 is 4.79 Å². The normalized spacial score (nSPS) is 15.5. The van der Waals surface area contributed by atoms with Gasteiger partial charge >= 0.3 is 0 Å². The van der Waals surface area contributed by atoms with Crippen LogP contribution in [0.3, 0.4) is 0 Å². The zero-order valence-corrected chi connectivity index (χ0v) is 12.1. The Balaban J connectivity index is 1.83. The van der Waals surface area contributed by atoms with Crippen LogP contribution in [-0.4, -0.2) is 40.2 Å². The van der Waals surface area contributed by atoms with E-state index in [1.165, 1.54) is 5.56 Å². The molecule has 1 aromatic rings. The van der Waals surface area contributed by atoms with Gasteiger partial charge in [0.2, 0.25) is 5.91 Å². The second-order valence-electron chi connectivity index (χ2n) is 5.56. The lowest BCUT2D eigenvalue weighted by molar-refractivity contribution is -0.129. The number of carbonyl (C=O) groups is 1. The van der Waals surface area contributed by atoms with Crippen molar-refractivity contribution in [2.45, 2.75) is 39.2 Å². The molecule has 0 unspecified atom stereocenters. The molecule has 1 aliphatic rings. The highest BCUT2D eigenvalue weighted by Crippen LogP contribution is 2.16. The molecule has 0 aromatic carbocycles. The molecule has 106 valence electrons. The summed E-state index contributed by atoms with van der Waals surface area (Å²) in [5, 5.41) is 7.71. The predicted molar refractivity (Wildman–Crippen MR) is 74.8 cm³/mol. The van der Waals surface area contributed by atoms with Crippen LogP contribution in [0, 0.1) is 0 Å². The number of hydrogen-bond acceptors (Lipinski definition) is 3. The molecule has 1 aliphatic heterocycles. The summed E-state index contributed by atoms with van der Waals surface area (Å²) in [7, 11) is 1.94. The van der Waals surface area contributed by atoms with Gasteiger partial charge in [-0.25, -0.2) is 0 Å². The second kappa shape index (κ2) is 6.19. The molecule has 0 aliphatic carbocycles. The van der Waals surface area contributed by atoms with Gasteiger partial charge in [-0.2, -0.15) is 5.10 Å². The van der Waals surface area contributed by atoms with Gasteiger partial charge in [0.15, 0.2) is 0 Å². The molecule has 1 fully saturated rings. The Morgan fingerprint density at radius 2 is 2.11 bits per heavy atom. The molecule has 0 saturated carbocycles. The average Bonchev–Trinajstić information content (AvgIpc) is 2.98. The highest BCUT2D eigenvalue weighted by atomic mass is 16.2. The quantitative estimate of drug-likeness (QED) is 0.871. The van der Waals surface area contributed by atoms with E-state index in [2.05, 4.69) is 24.3 Å². The van der Waals surface area contributed by atoms with Gasteiger partial charge in [0.1, 0.15) is 0 Å². The molecule has 1 aromatic heterocycles. The fourth-order valence-electron chi connectivity index (χ4n) is 2.56. The molecule has 1 saturated heterocycles. The van der Waals surface area contributed by atoms with Gasteiger partial charge in [0.25, 0.3) is 0 Å². The topological polar surface area (TPSA) is 50.2 Å². The van der Waals surface area contributed by atoms with Crippen LogP contribution in [-0.2, 0) is 18.4 Å². The Morgan fingerprint density at radius 1 is 1.42 bits per heavy atom. The van der Waals surface area contributed by atoms with Crippen LogP contribution in [0.2, 0.25) is 0 Å². The van der Waals surface area contributed by atoms with E-state index in [1.807, 2.05) is 22.8 Å². The Labute approximate surface area is 115 Å². The fourth-order valence-corrected chi connectivity index (χ4v) is 2.56. The first-order valence-corrected chi connectivity index (χ1v) is 7.09. The van der Waals surface area contributed by atoms with Crippen molar-refractivity contribution in [2.24, 2.45) is 7.05 Å². The summed E-state index contributed by atoms with van der Waals surface area (Å²) in [6, 6.07) is 0. The number of rotatable bonds is 5. The van der Waals surface area contributed by atoms with Crippen molar-refractivity contribution in [3.05, 3.63) is 17.5 Å². The highest BCUT2D eigenvalue weighted by molar-refractivity contribution is 5.78. The summed E-state index contributed by atoms with van der Waals surface area (Å²) in [5.41, 5.74) is 2.30. The predicted octanol–water partition coefficient (Wildman–Crippen LogP) is 1.26. The van der Waals surface area contributed by atoms with Crippen LogP contribution in [0.1, 0.15) is 43.9 Å². The van der Waals surface area contributed by atoms with E-state index in [-0.39, 0.29) is 5.91 Å². The lowest BCUT2D eigenvalue weighted by atomic mass is 10.1. The van der Waals surface area contributed by atoms with Crippen LogP contribution >= 0.6 is 0 Å². The van der Waals surface area contributed by atoms with Crippen LogP contribution < -0.4 is 5.32 Å². The summed E-state index contributed by atoms with van der Waals surface area (Å²) in [6.45, 7) is 7.26. The molecule has 0 bridgehead atoms. The van der Waals surface area contributed by atoms with Crippen LogP contribution in [0.5, 0.6) is 0 Å². The molecule has 0 spiro atoms. The van der Waals surface area contributed by atoms with Gasteiger partial charge in [0, 0.05) is 38.4 Å². The lowest BCUT2D eigenvalue weighted by Gasteiger charge is -2.15. The van der Waals surface area contributed by atoms with Gasteiger partial charge in [-0.3, -0.25) is 9.48 Å². The lowest BCUT2D eigenvalue weighted by Crippen LogP contribution is -2.36. The van der Waals surface area contributed by atoms with Crippen LogP contribution in [0.25, 0.3) is 0 Å². The van der Waals surface area contributed by atoms with Gasteiger partial charge in [-0.15, -0.1) is 0 Å². The third kappa shape index (κ3) is 3.56. The molecule has 2 heterocycles. The Bertz CT molecular complexity index is 433. The number of hydrogen-bond donors (Lipinski definition) is 1. The zero-order chi connectivity index (χ0) is 13.8. The minimum absolute atomic E-state index is 0.215. The maximum atomic E-state index is 11.9. The summed E-state index contributed by atoms with van der Waals surface area (Å²) in [6.07, 6.45) is 4.32. The van der Waals surface area contributed by atoms with E-state index in [9.17, 15) is 4.79 Å². The summed E-state index contributed by atoms with van der Waals surface area (Å²) in [4.78, 5) is 13.8. The maximum absolute atomic E-state index is 11.9. The van der Waals surface area contributed by atoms with E-state index in [0.717, 1.165) is 31.6 Å². The number of amides is 1. The third-order valence-corrected chi connectivity index (χ3v) is 3.53. The second-order valence-corrected chi connectivity index (χ2v) is 5.56. The standard InChI is InChI=1S/C14H24N4O/c1-11(2)14-12(10-17(3)16-14)8-15-9-13(19)18-6-4-5-7-18/h10-11,15H,4-9H2,1-3H3. The number of aromatic nitrogens is 2. The maximum Gasteiger partial charge on any atom is 0.236 e. The number of aryl methyl sites for hydroxylation is 1. The minimum atomic E-state index is 0.215. The number of likely N-dealkylation sites (tertiary alicyclic amines) is 1. The smallest absolute Gasteiger partial charge is 0.236 e. The number of nitrogens with zero attached hydrogens (tertiary/aromatic N) is 3. The molecule has 19 heavy (non-hydrogen) atoms. The van der Waals surface area contributed by atoms with Gasteiger partial charge in [-0.05, 0) is 18.8 Å². The van der Waals surface area contributed by atoms with E-state index >= 15 is 0 Å². The molecule has 1 N–H and O–H groups in total. The Morgan fingerprint density at radius 3 is 2.74 bits per heavy atom. The Kier molecular flexibility index (Phi) is 4.58.